The number of hydrogen-bond donors (Lipinski definition) is 1. The monoisotopic (exact) mass is 266 g/mol. The normalized spacial score (nSPS) is 14.2. The standard InChI is InChI=1S/C16H27FN2/c1-5-8-12(3)19(4)16-10-7-9-15(17)14(16)11-13(18)6-2/h7,9-10,12-13H,5-6,8,11,18H2,1-4H3. The summed E-state index contributed by atoms with van der Waals surface area (Å²) >= 11 is 0. The molecular weight excluding hydrogens is 239 g/mol. The van der Waals surface area contributed by atoms with Crippen molar-refractivity contribution in [3.63, 3.8) is 0 Å². The Morgan fingerprint density at radius 3 is 2.58 bits per heavy atom. The fourth-order valence-corrected chi connectivity index (χ4v) is 2.34. The van der Waals surface area contributed by atoms with Crippen molar-refractivity contribution in [1.82, 2.24) is 0 Å². The van der Waals surface area contributed by atoms with E-state index in [0.717, 1.165) is 30.5 Å². The minimum Gasteiger partial charge on any atom is -0.372 e. The first-order valence-corrected chi connectivity index (χ1v) is 7.27. The van der Waals surface area contributed by atoms with Crippen LogP contribution in [0.3, 0.4) is 0 Å². The van der Waals surface area contributed by atoms with E-state index >= 15 is 0 Å². The Morgan fingerprint density at radius 1 is 1.32 bits per heavy atom. The third kappa shape index (κ3) is 4.20. The molecule has 1 aromatic rings. The van der Waals surface area contributed by atoms with Crippen molar-refractivity contribution in [1.29, 1.82) is 0 Å². The van der Waals surface area contributed by atoms with Gasteiger partial charge in [0.05, 0.1) is 0 Å². The van der Waals surface area contributed by atoms with Crippen LogP contribution in [0.1, 0.15) is 45.6 Å². The van der Waals surface area contributed by atoms with Crippen molar-refractivity contribution in [3.8, 4) is 0 Å². The van der Waals surface area contributed by atoms with E-state index in [-0.39, 0.29) is 11.9 Å². The highest BCUT2D eigenvalue weighted by molar-refractivity contribution is 5.54. The Bertz CT molecular complexity index is 392. The van der Waals surface area contributed by atoms with E-state index in [4.69, 9.17) is 5.73 Å². The van der Waals surface area contributed by atoms with E-state index in [1.165, 1.54) is 6.07 Å². The summed E-state index contributed by atoms with van der Waals surface area (Å²) in [6.07, 6.45) is 3.70. The van der Waals surface area contributed by atoms with Gasteiger partial charge in [-0.05, 0) is 38.3 Å². The van der Waals surface area contributed by atoms with Crippen LogP contribution < -0.4 is 10.6 Å². The minimum atomic E-state index is -0.142. The van der Waals surface area contributed by atoms with Crippen molar-refractivity contribution in [2.45, 2.75) is 58.5 Å². The van der Waals surface area contributed by atoms with Gasteiger partial charge in [0, 0.05) is 30.4 Å². The Balaban J connectivity index is 3.02. The molecule has 0 saturated heterocycles. The predicted molar refractivity (Wildman–Crippen MR) is 81.1 cm³/mol. The van der Waals surface area contributed by atoms with Gasteiger partial charge in [-0.1, -0.05) is 26.3 Å². The van der Waals surface area contributed by atoms with Crippen molar-refractivity contribution in [2.75, 3.05) is 11.9 Å². The van der Waals surface area contributed by atoms with Gasteiger partial charge in [-0.2, -0.15) is 0 Å². The number of rotatable bonds is 7. The molecule has 2 atom stereocenters. The Morgan fingerprint density at radius 2 is 2.00 bits per heavy atom. The van der Waals surface area contributed by atoms with Crippen LogP contribution in [0.15, 0.2) is 18.2 Å². The third-order valence-electron chi connectivity index (χ3n) is 3.83. The van der Waals surface area contributed by atoms with E-state index in [1.54, 1.807) is 6.07 Å². The maximum Gasteiger partial charge on any atom is 0.128 e. The number of halogens is 1. The average Bonchev–Trinajstić information content (AvgIpc) is 2.40. The second kappa shape index (κ2) is 7.49. The van der Waals surface area contributed by atoms with Crippen molar-refractivity contribution in [3.05, 3.63) is 29.6 Å². The van der Waals surface area contributed by atoms with E-state index in [2.05, 4.69) is 18.7 Å². The molecule has 3 heteroatoms. The molecule has 0 fully saturated rings. The van der Waals surface area contributed by atoms with E-state index in [1.807, 2.05) is 20.0 Å². The van der Waals surface area contributed by atoms with Crippen molar-refractivity contribution in [2.24, 2.45) is 5.73 Å². The molecule has 0 bridgehead atoms. The molecule has 19 heavy (non-hydrogen) atoms. The topological polar surface area (TPSA) is 29.3 Å². The van der Waals surface area contributed by atoms with Crippen LogP contribution in [0.5, 0.6) is 0 Å². The Labute approximate surface area is 116 Å². The van der Waals surface area contributed by atoms with Gasteiger partial charge >= 0.3 is 0 Å². The first kappa shape index (κ1) is 16.0. The van der Waals surface area contributed by atoms with Gasteiger partial charge in [0.2, 0.25) is 0 Å². The number of hydrogen-bond acceptors (Lipinski definition) is 2. The molecule has 0 radical (unpaired) electrons. The molecule has 0 aliphatic heterocycles. The lowest BCUT2D eigenvalue weighted by Crippen LogP contribution is -2.31. The molecule has 2 N–H and O–H groups in total. The average molecular weight is 266 g/mol. The zero-order valence-corrected chi connectivity index (χ0v) is 12.6. The third-order valence-corrected chi connectivity index (χ3v) is 3.83. The summed E-state index contributed by atoms with van der Waals surface area (Å²) in [4.78, 5) is 2.17. The first-order chi connectivity index (χ1) is 9.01. The summed E-state index contributed by atoms with van der Waals surface area (Å²) in [5.41, 5.74) is 7.72. The van der Waals surface area contributed by atoms with Crippen LogP contribution in [0.4, 0.5) is 10.1 Å². The molecular formula is C16H27FN2. The molecule has 1 rings (SSSR count). The molecule has 0 amide bonds. The number of nitrogens with two attached hydrogens (primary N) is 1. The number of nitrogens with zero attached hydrogens (tertiary/aromatic N) is 1. The van der Waals surface area contributed by atoms with Gasteiger partial charge in [-0.25, -0.2) is 4.39 Å². The van der Waals surface area contributed by atoms with Crippen molar-refractivity contribution < 1.29 is 4.39 Å². The minimum absolute atomic E-state index is 0.0190. The summed E-state index contributed by atoms with van der Waals surface area (Å²) in [5.74, 6) is -0.142. The highest BCUT2D eigenvalue weighted by Gasteiger charge is 2.17. The fraction of sp³-hybridized carbons (Fsp3) is 0.625. The zero-order valence-electron chi connectivity index (χ0n) is 12.6. The van der Waals surface area contributed by atoms with Gasteiger partial charge in [0.25, 0.3) is 0 Å². The number of benzene rings is 1. The van der Waals surface area contributed by atoms with Crippen LogP contribution in [-0.2, 0) is 6.42 Å². The highest BCUT2D eigenvalue weighted by Crippen LogP contribution is 2.26. The maximum atomic E-state index is 14.1. The van der Waals surface area contributed by atoms with Crippen molar-refractivity contribution >= 4 is 5.69 Å². The summed E-state index contributed by atoms with van der Waals surface area (Å²) in [6.45, 7) is 6.39. The SMILES string of the molecule is CCCC(C)N(C)c1cccc(F)c1CC(N)CC. The Hall–Kier alpha value is -1.09. The smallest absolute Gasteiger partial charge is 0.128 e. The quantitative estimate of drug-likeness (QED) is 0.814. The van der Waals surface area contributed by atoms with E-state index in [9.17, 15) is 4.39 Å². The largest absolute Gasteiger partial charge is 0.372 e. The van der Waals surface area contributed by atoms with E-state index in [0.29, 0.717) is 12.5 Å². The summed E-state index contributed by atoms with van der Waals surface area (Å²) in [5, 5.41) is 0. The maximum absolute atomic E-state index is 14.1. The molecule has 0 spiro atoms. The molecule has 0 aliphatic rings. The summed E-state index contributed by atoms with van der Waals surface area (Å²) < 4.78 is 14.1. The zero-order chi connectivity index (χ0) is 14.4. The van der Waals surface area contributed by atoms with Crippen LogP contribution >= 0.6 is 0 Å². The molecule has 0 heterocycles. The molecule has 1 aromatic carbocycles. The molecule has 0 saturated carbocycles. The van der Waals surface area contributed by atoms with Crippen LogP contribution in [-0.4, -0.2) is 19.1 Å². The lowest BCUT2D eigenvalue weighted by Gasteiger charge is -2.29. The highest BCUT2D eigenvalue weighted by atomic mass is 19.1. The molecule has 0 aliphatic carbocycles. The molecule has 2 nitrogen and oxygen atoms in total. The lowest BCUT2D eigenvalue weighted by atomic mass is 10.0. The second-order valence-corrected chi connectivity index (χ2v) is 5.36. The van der Waals surface area contributed by atoms with Gasteiger partial charge in [-0.15, -0.1) is 0 Å². The molecule has 2 unspecified atom stereocenters. The van der Waals surface area contributed by atoms with Crippen LogP contribution in [0.25, 0.3) is 0 Å². The first-order valence-electron chi connectivity index (χ1n) is 7.27. The summed E-state index contributed by atoms with van der Waals surface area (Å²) in [6, 6.07) is 5.72. The molecule has 0 aromatic heterocycles. The van der Waals surface area contributed by atoms with Crippen LogP contribution in [0.2, 0.25) is 0 Å². The molecule has 108 valence electrons. The predicted octanol–water partition coefficient (Wildman–Crippen LogP) is 3.73. The van der Waals surface area contributed by atoms with E-state index < -0.39 is 0 Å². The van der Waals surface area contributed by atoms with Gasteiger partial charge < -0.3 is 10.6 Å². The lowest BCUT2D eigenvalue weighted by molar-refractivity contribution is 0.569. The fourth-order valence-electron chi connectivity index (χ4n) is 2.34. The van der Waals surface area contributed by atoms with Gasteiger partial charge in [0.15, 0.2) is 0 Å². The van der Waals surface area contributed by atoms with Gasteiger partial charge in [0.1, 0.15) is 5.82 Å². The second-order valence-electron chi connectivity index (χ2n) is 5.36. The Kier molecular flexibility index (Phi) is 6.29. The number of anilines is 1. The van der Waals surface area contributed by atoms with Gasteiger partial charge in [-0.3, -0.25) is 0 Å². The summed E-state index contributed by atoms with van der Waals surface area (Å²) in [7, 11) is 2.04. The van der Waals surface area contributed by atoms with Crippen LogP contribution in [0, 0.1) is 5.82 Å².